The summed E-state index contributed by atoms with van der Waals surface area (Å²) in [5.74, 6) is 0.845. The lowest BCUT2D eigenvalue weighted by molar-refractivity contribution is -0.236. The lowest BCUT2D eigenvalue weighted by atomic mass is 9.77. The SMILES string of the molecule is C=CCC12C(=CC(=O)c3ccccc31)OC(C(C)C)N2OC. The molecule has 0 aromatic heterocycles. The third-order valence-corrected chi connectivity index (χ3v) is 4.37. The molecule has 0 N–H and O–H groups in total. The van der Waals surface area contributed by atoms with Crippen molar-refractivity contribution in [1.82, 2.24) is 5.06 Å². The molecule has 1 aliphatic carbocycles. The van der Waals surface area contributed by atoms with Crippen molar-refractivity contribution in [3.05, 3.63) is 59.9 Å². The Morgan fingerprint density at radius 3 is 2.82 bits per heavy atom. The summed E-state index contributed by atoms with van der Waals surface area (Å²) in [5.41, 5.74) is 1.00. The topological polar surface area (TPSA) is 38.8 Å². The number of rotatable bonds is 4. The summed E-state index contributed by atoms with van der Waals surface area (Å²) >= 11 is 0. The Morgan fingerprint density at radius 1 is 1.45 bits per heavy atom. The van der Waals surface area contributed by atoms with E-state index in [0.717, 1.165) is 5.56 Å². The zero-order valence-corrected chi connectivity index (χ0v) is 13.2. The fraction of sp³-hybridized carbons (Fsp3) is 0.389. The third kappa shape index (κ3) is 1.87. The van der Waals surface area contributed by atoms with Gasteiger partial charge in [0.25, 0.3) is 0 Å². The number of hydrogen-bond donors (Lipinski definition) is 0. The number of carbonyl (C=O) groups excluding carboxylic acids is 1. The number of ketones is 1. The zero-order chi connectivity index (χ0) is 15.9. The Labute approximate surface area is 131 Å². The molecule has 1 aromatic carbocycles. The third-order valence-electron chi connectivity index (χ3n) is 4.37. The van der Waals surface area contributed by atoms with Gasteiger partial charge in [-0.1, -0.05) is 44.2 Å². The van der Waals surface area contributed by atoms with E-state index in [2.05, 4.69) is 20.4 Å². The van der Waals surface area contributed by atoms with Crippen LogP contribution in [-0.4, -0.2) is 24.2 Å². The number of carbonyl (C=O) groups is 1. The average Bonchev–Trinajstić information content (AvgIpc) is 2.83. The van der Waals surface area contributed by atoms with Crippen LogP contribution in [0.1, 0.15) is 36.2 Å². The van der Waals surface area contributed by atoms with E-state index in [1.807, 2.05) is 35.4 Å². The fourth-order valence-electron chi connectivity index (χ4n) is 3.44. The Hall–Kier alpha value is -1.91. The molecule has 3 rings (SSSR count). The molecule has 1 heterocycles. The predicted molar refractivity (Wildman–Crippen MR) is 83.9 cm³/mol. The standard InChI is InChI=1S/C18H21NO3/c1-5-10-18-14-9-7-6-8-13(14)15(20)11-16(18)22-17(12(2)3)19(18)21-4/h5-9,11-12,17H,1,10H2,2-4H3. The zero-order valence-electron chi connectivity index (χ0n) is 13.2. The molecule has 0 saturated carbocycles. The van der Waals surface area contributed by atoms with Crippen molar-refractivity contribution in [3.8, 4) is 0 Å². The molecule has 1 saturated heterocycles. The Bertz CT molecular complexity index is 649. The first-order valence-electron chi connectivity index (χ1n) is 7.53. The second-order valence-corrected chi connectivity index (χ2v) is 6.03. The number of allylic oxidation sites excluding steroid dienone is 1. The molecule has 4 heteroatoms. The van der Waals surface area contributed by atoms with Gasteiger partial charge in [0.2, 0.25) is 0 Å². The second kappa shape index (κ2) is 5.38. The molecule has 2 atom stereocenters. The van der Waals surface area contributed by atoms with Crippen LogP contribution in [0.15, 0.2) is 48.8 Å². The molecule has 0 radical (unpaired) electrons. The summed E-state index contributed by atoms with van der Waals surface area (Å²) in [6.45, 7) is 8.04. The first-order valence-corrected chi connectivity index (χ1v) is 7.53. The van der Waals surface area contributed by atoms with Gasteiger partial charge in [-0.3, -0.25) is 9.63 Å². The highest BCUT2D eigenvalue weighted by molar-refractivity contribution is 6.08. The Morgan fingerprint density at radius 2 is 2.18 bits per heavy atom. The highest BCUT2D eigenvalue weighted by atomic mass is 16.7. The molecule has 0 amide bonds. The predicted octanol–water partition coefficient (Wildman–Crippen LogP) is 3.41. The maximum atomic E-state index is 12.4. The molecule has 2 aliphatic rings. The molecular weight excluding hydrogens is 278 g/mol. The quantitative estimate of drug-likeness (QED) is 0.799. The summed E-state index contributed by atoms with van der Waals surface area (Å²) in [4.78, 5) is 18.1. The Kier molecular flexibility index (Phi) is 3.67. The van der Waals surface area contributed by atoms with Crippen LogP contribution in [0.3, 0.4) is 0 Å². The van der Waals surface area contributed by atoms with Crippen LogP contribution in [0.2, 0.25) is 0 Å². The highest BCUT2D eigenvalue weighted by Crippen LogP contribution is 2.51. The van der Waals surface area contributed by atoms with Crippen molar-refractivity contribution in [2.75, 3.05) is 7.11 Å². The number of benzene rings is 1. The summed E-state index contributed by atoms with van der Waals surface area (Å²) in [7, 11) is 1.64. The lowest BCUT2D eigenvalue weighted by Crippen LogP contribution is -2.48. The van der Waals surface area contributed by atoms with E-state index in [9.17, 15) is 4.79 Å². The van der Waals surface area contributed by atoms with Gasteiger partial charge in [0.15, 0.2) is 12.0 Å². The number of hydroxylamine groups is 2. The number of hydrogen-bond acceptors (Lipinski definition) is 4. The van der Waals surface area contributed by atoms with Crippen molar-refractivity contribution >= 4 is 5.78 Å². The molecule has 1 aliphatic heterocycles. The summed E-state index contributed by atoms with van der Waals surface area (Å²) in [6.07, 6.45) is 3.81. The molecule has 2 unspecified atom stereocenters. The smallest absolute Gasteiger partial charge is 0.189 e. The van der Waals surface area contributed by atoms with Crippen LogP contribution in [0.4, 0.5) is 0 Å². The van der Waals surface area contributed by atoms with Gasteiger partial charge >= 0.3 is 0 Å². The Balaban J connectivity index is 2.26. The van der Waals surface area contributed by atoms with E-state index in [1.165, 1.54) is 0 Å². The van der Waals surface area contributed by atoms with E-state index in [-0.39, 0.29) is 17.9 Å². The van der Waals surface area contributed by atoms with Gasteiger partial charge in [0, 0.05) is 17.6 Å². The monoisotopic (exact) mass is 299 g/mol. The number of fused-ring (bicyclic) bond motifs is 3. The van der Waals surface area contributed by atoms with Crippen LogP contribution in [0, 0.1) is 5.92 Å². The molecule has 116 valence electrons. The van der Waals surface area contributed by atoms with Crippen molar-refractivity contribution < 1.29 is 14.4 Å². The van der Waals surface area contributed by atoms with Crippen LogP contribution in [-0.2, 0) is 15.1 Å². The molecule has 1 fully saturated rings. The van der Waals surface area contributed by atoms with Crippen LogP contribution < -0.4 is 0 Å². The normalized spacial score (nSPS) is 27.2. The summed E-state index contributed by atoms with van der Waals surface area (Å²) < 4.78 is 6.11. The molecule has 1 aromatic rings. The minimum Gasteiger partial charge on any atom is -0.474 e. The van der Waals surface area contributed by atoms with Crippen molar-refractivity contribution in [2.24, 2.45) is 5.92 Å². The minimum atomic E-state index is -0.615. The molecule has 0 bridgehead atoms. The van der Waals surface area contributed by atoms with Gasteiger partial charge in [0.05, 0.1) is 7.11 Å². The van der Waals surface area contributed by atoms with Gasteiger partial charge in [-0.15, -0.1) is 11.6 Å². The largest absolute Gasteiger partial charge is 0.474 e. The highest BCUT2D eigenvalue weighted by Gasteiger charge is 2.57. The number of nitrogens with zero attached hydrogens (tertiary/aromatic N) is 1. The van der Waals surface area contributed by atoms with E-state index in [4.69, 9.17) is 9.57 Å². The fourth-order valence-corrected chi connectivity index (χ4v) is 3.44. The molecule has 0 spiro atoms. The van der Waals surface area contributed by atoms with Gasteiger partial charge in [-0.2, -0.15) is 0 Å². The molecular formula is C18H21NO3. The van der Waals surface area contributed by atoms with Crippen LogP contribution in [0.5, 0.6) is 0 Å². The van der Waals surface area contributed by atoms with Gasteiger partial charge in [0.1, 0.15) is 11.3 Å². The minimum absolute atomic E-state index is 0.0225. The molecule has 22 heavy (non-hydrogen) atoms. The summed E-state index contributed by atoms with van der Waals surface area (Å²) in [6, 6.07) is 7.65. The first-order chi connectivity index (χ1) is 10.6. The van der Waals surface area contributed by atoms with Crippen molar-refractivity contribution in [2.45, 2.75) is 32.0 Å². The van der Waals surface area contributed by atoms with E-state index in [0.29, 0.717) is 17.7 Å². The number of ether oxygens (including phenoxy) is 1. The summed E-state index contributed by atoms with van der Waals surface area (Å²) in [5, 5.41) is 1.87. The average molecular weight is 299 g/mol. The van der Waals surface area contributed by atoms with Crippen molar-refractivity contribution in [1.29, 1.82) is 0 Å². The van der Waals surface area contributed by atoms with Gasteiger partial charge in [-0.25, -0.2) is 0 Å². The first kappa shape index (κ1) is 15.0. The maximum Gasteiger partial charge on any atom is 0.189 e. The van der Waals surface area contributed by atoms with E-state index < -0.39 is 5.54 Å². The lowest BCUT2D eigenvalue weighted by Gasteiger charge is -2.39. The van der Waals surface area contributed by atoms with Crippen molar-refractivity contribution in [3.63, 3.8) is 0 Å². The van der Waals surface area contributed by atoms with Gasteiger partial charge in [-0.05, 0) is 12.0 Å². The van der Waals surface area contributed by atoms with Crippen LogP contribution in [0.25, 0.3) is 0 Å². The van der Waals surface area contributed by atoms with E-state index in [1.54, 1.807) is 13.2 Å². The second-order valence-electron chi connectivity index (χ2n) is 6.03. The maximum absolute atomic E-state index is 12.4. The van der Waals surface area contributed by atoms with Crippen LogP contribution >= 0.6 is 0 Å². The van der Waals surface area contributed by atoms with Gasteiger partial charge < -0.3 is 4.74 Å². The molecule has 4 nitrogen and oxygen atoms in total. The van der Waals surface area contributed by atoms with E-state index >= 15 is 0 Å².